The monoisotopic (exact) mass is 401 g/mol. The molecule has 2 saturated heterocycles. The van der Waals surface area contributed by atoms with Gasteiger partial charge in [0.2, 0.25) is 5.95 Å². The number of ketones is 1. The third-order valence-corrected chi connectivity index (χ3v) is 7.18. The zero-order valence-electron chi connectivity index (χ0n) is 17.1. The number of anilines is 1. The van der Waals surface area contributed by atoms with Gasteiger partial charge in [-0.25, -0.2) is 4.98 Å². The van der Waals surface area contributed by atoms with Gasteiger partial charge < -0.3 is 20.1 Å². The highest BCUT2D eigenvalue weighted by molar-refractivity contribution is 6.08. The Hall–Kier alpha value is -2.70. The minimum Gasteiger partial charge on any atom is -0.342 e. The van der Waals surface area contributed by atoms with Gasteiger partial charge in [-0.05, 0) is 30.5 Å². The van der Waals surface area contributed by atoms with Crippen molar-refractivity contribution in [2.45, 2.75) is 37.4 Å². The summed E-state index contributed by atoms with van der Waals surface area (Å²) in [6.07, 6.45) is 2.76. The molecule has 30 heavy (non-hydrogen) atoms. The van der Waals surface area contributed by atoms with E-state index in [4.69, 9.17) is 4.98 Å². The van der Waals surface area contributed by atoms with Crippen LogP contribution in [0.15, 0.2) is 48.5 Å². The maximum atomic E-state index is 12.3. The highest BCUT2D eigenvalue weighted by atomic mass is 16.1. The molecule has 154 valence electrons. The number of aryl methyl sites for hydroxylation is 1. The van der Waals surface area contributed by atoms with Crippen molar-refractivity contribution in [3.05, 3.63) is 59.7 Å². The smallest absolute Gasteiger partial charge is 0.206 e. The van der Waals surface area contributed by atoms with Crippen molar-refractivity contribution >= 4 is 22.8 Å². The Kier molecular flexibility index (Phi) is 4.18. The van der Waals surface area contributed by atoms with Gasteiger partial charge in [0, 0.05) is 56.3 Å². The number of benzene rings is 2. The van der Waals surface area contributed by atoms with Crippen LogP contribution in [0.2, 0.25) is 0 Å². The molecule has 3 aliphatic rings. The summed E-state index contributed by atoms with van der Waals surface area (Å²) in [6, 6.07) is 17.0. The number of hydrogen-bond acceptors (Lipinski definition) is 5. The highest BCUT2D eigenvalue weighted by Gasteiger charge is 2.39. The third kappa shape index (κ3) is 2.86. The Morgan fingerprint density at radius 2 is 1.83 bits per heavy atom. The first kappa shape index (κ1) is 18.1. The maximum Gasteiger partial charge on any atom is 0.206 e. The summed E-state index contributed by atoms with van der Waals surface area (Å²) >= 11 is 0. The molecule has 3 aliphatic heterocycles. The van der Waals surface area contributed by atoms with Gasteiger partial charge in [0.15, 0.2) is 5.78 Å². The number of piperidine rings is 1. The van der Waals surface area contributed by atoms with E-state index in [1.807, 2.05) is 18.2 Å². The van der Waals surface area contributed by atoms with Crippen molar-refractivity contribution in [3.8, 4) is 0 Å². The molecule has 6 nitrogen and oxygen atoms in total. The average molecular weight is 402 g/mol. The van der Waals surface area contributed by atoms with E-state index < -0.39 is 0 Å². The predicted octanol–water partition coefficient (Wildman–Crippen LogP) is 2.90. The number of piperazine rings is 1. The summed E-state index contributed by atoms with van der Waals surface area (Å²) in [6.45, 7) is 4.67. The number of carbonyl (C=O) groups excluding carboxylic acids is 1. The summed E-state index contributed by atoms with van der Waals surface area (Å²) in [5.74, 6) is 1.27. The van der Waals surface area contributed by atoms with Crippen LogP contribution in [0.1, 0.15) is 41.2 Å². The number of carbonyl (C=O) groups is 1. The predicted molar refractivity (Wildman–Crippen MR) is 118 cm³/mol. The minimum absolute atomic E-state index is 0.164. The van der Waals surface area contributed by atoms with E-state index in [1.54, 1.807) is 0 Å². The largest absolute Gasteiger partial charge is 0.342 e. The second-order valence-corrected chi connectivity index (χ2v) is 8.90. The molecule has 0 radical (unpaired) electrons. The first-order valence-corrected chi connectivity index (χ1v) is 11.0. The first-order valence-electron chi connectivity index (χ1n) is 11.0. The molecule has 1 atom stereocenters. The number of Topliss-reactive ketones (excluding diaryl/α,β-unsaturated/α-hetero) is 1. The number of aromatic nitrogens is 2. The summed E-state index contributed by atoms with van der Waals surface area (Å²) in [5.41, 5.74) is 4.31. The fourth-order valence-electron chi connectivity index (χ4n) is 5.38. The van der Waals surface area contributed by atoms with Crippen LogP contribution in [0.4, 0.5) is 5.95 Å². The number of nitrogens with zero attached hydrogens (tertiary/aromatic N) is 3. The van der Waals surface area contributed by atoms with Crippen molar-refractivity contribution in [1.29, 1.82) is 0 Å². The lowest BCUT2D eigenvalue weighted by Crippen LogP contribution is -2.64. The quantitative estimate of drug-likeness (QED) is 0.691. The Labute approximate surface area is 176 Å². The van der Waals surface area contributed by atoms with Gasteiger partial charge >= 0.3 is 0 Å². The Morgan fingerprint density at radius 3 is 2.60 bits per heavy atom. The molecule has 2 N–H and O–H groups in total. The first-order chi connectivity index (χ1) is 14.7. The fourth-order valence-corrected chi connectivity index (χ4v) is 5.38. The van der Waals surface area contributed by atoms with E-state index in [-0.39, 0.29) is 11.3 Å². The molecule has 2 aromatic carbocycles. The number of imidazole rings is 1. The summed E-state index contributed by atoms with van der Waals surface area (Å²) in [4.78, 5) is 19.7. The van der Waals surface area contributed by atoms with Crippen LogP contribution < -0.4 is 15.5 Å². The Balaban J connectivity index is 1.18. The van der Waals surface area contributed by atoms with Crippen LogP contribution in [0, 0.1) is 0 Å². The van der Waals surface area contributed by atoms with E-state index in [2.05, 4.69) is 50.4 Å². The topological polar surface area (TPSA) is 62.2 Å². The van der Waals surface area contributed by atoms with E-state index >= 15 is 0 Å². The molecule has 6 heteroatoms. The lowest BCUT2D eigenvalue weighted by Gasteiger charge is -2.47. The van der Waals surface area contributed by atoms with Gasteiger partial charge in [0.05, 0.1) is 11.0 Å². The lowest BCUT2D eigenvalue weighted by atomic mass is 9.84. The highest BCUT2D eigenvalue weighted by Crippen LogP contribution is 2.34. The Bertz CT molecular complexity index is 1090. The summed E-state index contributed by atoms with van der Waals surface area (Å²) in [5, 5.41) is 7.65. The van der Waals surface area contributed by atoms with Crippen molar-refractivity contribution in [3.63, 3.8) is 0 Å². The molecule has 6 rings (SSSR count). The molecule has 1 spiro atoms. The van der Waals surface area contributed by atoms with E-state index in [0.29, 0.717) is 12.5 Å². The second kappa shape index (κ2) is 6.93. The number of para-hydroxylation sites is 1. The molecule has 3 aromatic rings. The molecule has 1 aromatic heterocycles. The molecule has 2 fully saturated rings. The van der Waals surface area contributed by atoms with Gasteiger partial charge in [0.1, 0.15) is 0 Å². The lowest BCUT2D eigenvalue weighted by molar-refractivity contribution is 0.0973. The number of hydrogen-bond donors (Lipinski definition) is 2. The molecule has 1 unspecified atom stereocenters. The molecule has 0 amide bonds. The second-order valence-electron chi connectivity index (χ2n) is 8.90. The van der Waals surface area contributed by atoms with Crippen molar-refractivity contribution in [2.24, 2.45) is 0 Å². The van der Waals surface area contributed by atoms with Gasteiger partial charge in [-0.1, -0.05) is 36.4 Å². The van der Waals surface area contributed by atoms with E-state index in [1.165, 1.54) is 5.56 Å². The molecule has 4 heterocycles. The summed E-state index contributed by atoms with van der Waals surface area (Å²) < 4.78 is 2.27. The van der Waals surface area contributed by atoms with E-state index in [9.17, 15) is 4.79 Å². The third-order valence-electron chi connectivity index (χ3n) is 7.18. The average Bonchev–Trinajstić information content (AvgIpc) is 3.18. The number of rotatable bonds is 2. The van der Waals surface area contributed by atoms with Crippen molar-refractivity contribution in [1.82, 2.24) is 20.2 Å². The standard InChI is InChI=1S/C24H27N5O/c30-21-9-12-29-22-18(21)7-4-8-19(22)27-23(29)28-13-10-24(11-14-28)16-25-20(15-26-24)17-5-2-1-3-6-17/h1-8,20,25-26H,9-16H2. The number of nitrogens with one attached hydrogen (secondary N) is 2. The van der Waals surface area contributed by atoms with Crippen LogP contribution in [-0.4, -0.2) is 47.1 Å². The Morgan fingerprint density at radius 1 is 1.00 bits per heavy atom. The van der Waals surface area contributed by atoms with Gasteiger partial charge in [-0.3, -0.25) is 4.79 Å². The minimum atomic E-state index is 0.164. The van der Waals surface area contributed by atoms with Crippen LogP contribution in [0.3, 0.4) is 0 Å². The molecule has 0 aliphatic carbocycles. The maximum absolute atomic E-state index is 12.3. The van der Waals surface area contributed by atoms with Crippen LogP contribution in [0.5, 0.6) is 0 Å². The van der Waals surface area contributed by atoms with E-state index in [0.717, 1.165) is 68.1 Å². The van der Waals surface area contributed by atoms with Gasteiger partial charge in [0.25, 0.3) is 0 Å². The normalized spacial score (nSPS) is 23.3. The van der Waals surface area contributed by atoms with Gasteiger partial charge in [-0.2, -0.15) is 0 Å². The molecular weight excluding hydrogens is 374 g/mol. The fraction of sp³-hybridized carbons (Fsp3) is 0.417. The summed E-state index contributed by atoms with van der Waals surface area (Å²) in [7, 11) is 0. The SMILES string of the molecule is O=C1CCn2c(N3CCC4(CC3)CNC(c3ccccc3)CN4)nc3cccc1c32. The van der Waals surface area contributed by atoms with Crippen molar-refractivity contribution in [2.75, 3.05) is 31.1 Å². The van der Waals surface area contributed by atoms with Crippen molar-refractivity contribution < 1.29 is 4.79 Å². The van der Waals surface area contributed by atoms with Crippen LogP contribution in [0.25, 0.3) is 11.0 Å². The van der Waals surface area contributed by atoms with Crippen LogP contribution in [-0.2, 0) is 6.54 Å². The molecule has 0 saturated carbocycles. The zero-order valence-corrected chi connectivity index (χ0v) is 17.1. The molecular formula is C24H27N5O. The zero-order chi connectivity index (χ0) is 20.1. The van der Waals surface area contributed by atoms with Crippen LogP contribution >= 0.6 is 0 Å². The van der Waals surface area contributed by atoms with Gasteiger partial charge in [-0.15, -0.1) is 0 Å². The molecule has 0 bridgehead atoms.